The van der Waals surface area contributed by atoms with Crippen molar-refractivity contribution in [3.05, 3.63) is 90.0 Å². The van der Waals surface area contributed by atoms with Gasteiger partial charge in [-0.1, -0.05) is 78.9 Å². The molecule has 3 rings (SSSR count). The number of alkyl halides is 3. The smallest absolute Gasteiger partial charge is 0.289 e. The predicted octanol–water partition coefficient (Wildman–Crippen LogP) is 4.87. The van der Waals surface area contributed by atoms with Gasteiger partial charge in [-0.15, -0.1) is 0 Å². The Hall–Kier alpha value is -2.86. The number of allylic oxidation sites excluding steroid dienone is 4. The van der Waals surface area contributed by atoms with Crippen LogP contribution in [0.1, 0.15) is 23.5 Å². The van der Waals surface area contributed by atoms with Crippen LogP contribution in [0.25, 0.3) is 5.57 Å². The summed E-state index contributed by atoms with van der Waals surface area (Å²) in [5, 5.41) is 9.10. The molecular weight excluding hydrogens is 355 g/mol. The summed E-state index contributed by atoms with van der Waals surface area (Å²) in [5.41, 5.74) is 0.589. The molecule has 0 fully saturated rings. The molecule has 6 heteroatoms. The normalized spacial score (nSPS) is 20.7. The number of hydrogen-bond acceptors (Lipinski definition) is 2. The fourth-order valence-corrected chi connectivity index (χ4v) is 3.48. The van der Waals surface area contributed by atoms with Crippen molar-refractivity contribution in [3.8, 4) is 0 Å². The molecule has 0 saturated heterocycles. The van der Waals surface area contributed by atoms with E-state index >= 15 is 0 Å². The Balaban J connectivity index is 2.08. The largest absolute Gasteiger partial charge is 0.399 e. The lowest BCUT2D eigenvalue weighted by molar-refractivity contribution is -0.215. The predicted molar refractivity (Wildman–Crippen MR) is 95.8 cm³/mol. The molecule has 0 heterocycles. The van der Waals surface area contributed by atoms with Gasteiger partial charge in [-0.05, 0) is 23.1 Å². The molecule has 0 radical (unpaired) electrons. The standard InChI is InChI=1S/C21H18F3NO2/c22-21(23,24)20(18(19(26)25-27)17-9-5-2-6-10-17)13-11-16(12-14-20)15-7-3-1-4-8-15/h1-13,18,27H,14H2,(H,25,26). The van der Waals surface area contributed by atoms with E-state index in [4.69, 9.17) is 5.21 Å². The van der Waals surface area contributed by atoms with Crippen molar-refractivity contribution in [3.63, 3.8) is 0 Å². The second-order valence-electron chi connectivity index (χ2n) is 6.42. The summed E-state index contributed by atoms with van der Waals surface area (Å²) in [6, 6.07) is 16.8. The maximum atomic E-state index is 14.2. The zero-order valence-electron chi connectivity index (χ0n) is 14.3. The van der Waals surface area contributed by atoms with Gasteiger partial charge < -0.3 is 0 Å². The first-order chi connectivity index (χ1) is 12.9. The van der Waals surface area contributed by atoms with E-state index < -0.39 is 29.8 Å². The topological polar surface area (TPSA) is 49.3 Å². The van der Waals surface area contributed by atoms with Crippen LogP contribution >= 0.6 is 0 Å². The van der Waals surface area contributed by atoms with Gasteiger partial charge in [-0.3, -0.25) is 10.0 Å². The zero-order valence-corrected chi connectivity index (χ0v) is 14.3. The molecule has 2 N–H and O–H groups in total. The van der Waals surface area contributed by atoms with Crippen LogP contribution in [-0.4, -0.2) is 17.3 Å². The molecule has 2 atom stereocenters. The van der Waals surface area contributed by atoms with E-state index in [2.05, 4.69) is 0 Å². The van der Waals surface area contributed by atoms with Crippen molar-refractivity contribution in [2.75, 3.05) is 0 Å². The number of carbonyl (C=O) groups excluding carboxylic acids is 1. The zero-order chi connectivity index (χ0) is 19.5. The summed E-state index contributed by atoms with van der Waals surface area (Å²) in [6.07, 6.45) is -1.18. The monoisotopic (exact) mass is 373 g/mol. The lowest BCUT2D eigenvalue weighted by Gasteiger charge is -2.40. The van der Waals surface area contributed by atoms with E-state index in [0.717, 1.165) is 11.6 Å². The minimum Gasteiger partial charge on any atom is -0.289 e. The average molecular weight is 373 g/mol. The summed E-state index contributed by atoms with van der Waals surface area (Å²) < 4.78 is 42.6. The van der Waals surface area contributed by atoms with Gasteiger partial charge in [-0.25, -0.2) is 5.48 Å². The molecule has 1 amide bonds. The Bertz CT molecular complexity index is 860. The van der Waals surface area contributed by atoms with Crippen LogP contribution in [0.2, 0.25) is 0 Å². The Kier molecular flexibility index (Phi) is 5.19. The number of rotatable bonds is 4. The van der Waals surface area contributed by atoms with Crippen molar-refractivity contribution in [1.82, 2.24) is 5.48 Å². The maximum absolute atomic E-state index is 14.2. The molecule has 1 aliphatic carbocycles. The van der Waals surface area contributed by atoms with Crippen LogP contribution < -0.4 is 5.48 Å². The molecule has 140 valence electrons. The van der Waals surface area contributed by atoms with Gasteiger partial charge in [-0.2, -0.15) is 13.2 Å². The number of hydroxylamine groups is 1. The first-order valence-corrected chi connectivity index (χ1v) is 8.39. The Morgan fingerprint density at radius 3 is 2.11 bits per heavy atom. The first kappa shape index (κ1) is 18.9. The molecular formula is C21H18F3NO2. The Labute approximate surface area is 154 Å². The highest BCUT2D eigenvalue weighted by Gasteiger charge is 2.60. The highest BCUT2D eigenvalue weighted by molar-refractivity contribution is 5.85. The van der Waals surface area contributed by atoms with Gasteiger partial charge in [0.2, 0.25) is 0 Å². The molecule has 0 spiro atoms. The molecule has 27 heavy (non-hydrogen) atoms. The fourth-order valence-electron chi connectivity index (χ4n) is 3.48. The van der Waals surface area contributed by atoms with Crippen molar-refractivity contribution in [1.29, 1.82) is 0 Å². The average Bonchev–Trinajstić information content (AvgIpc) is 2.69. The van der Waals surface area contributed by atoms with E-state index in [0.29, 0.717) is 5.57 Å². The lowest BCUT2D eigenvalue weighted by atomic mass is 9.66. The van der Waals surface area contributed by atoms with Crippen LogP contribution in [0.15, 0.2) is 78.9 Å². The third-order valence-electron chi connectivity index (χ3n) is 4.88. The van der Waals surface area contributed by atoms with Gasteiger partial charge >= 0.3 is 6.18 Å². The van der Waals surface area contributed by atoms with Crippen LogP contribution in [0.3, 0.4) is 0 Å². The number of halogens is 3. The van der Waals surface area contributed by atoms with E-state index in [9.17, 15) is 18.0 Å². The summed E-state index contributed by atoms with van der Waals surface area (Å²) in [4.78, 5) is 12.3. The third kappa shape index (κ3) is 3.53. The Morgan fingerprint density at radius 1 is 1.04 bits per heavy atom. The molecule has 0 aliphatic heterocycles. The molecule has 0 bridgehead atoms. The molecule has 0 aromatic heterocycles. The van der Waals surface area contributed by atoms with Gasteiger partial charge in [0.1, 0.15) is 5.41 Å². The van der Waals surface area contributed by atoms with Crippen molar-refractivity contribution in [2.45, 2.75) is 18.5 Å². The highest BCUT2D eigenvalue weighted by atomic mass is 19.4. The highest BCUT2D eigenvalue weighted by Crippen LogP contribution is 2.54. The summed E-state index contributed by atoms with van der Waals surface area (Å²) in [7, 11) is 0. The molecule has 2 aromatic rings. The second kappa shape index (κ2) is 7.40. The minimum atomic E-state index is -4.70. The Morgan fingerprint density at radius 2 is 1.63 bits per heavy atom. The molecule has 3 nitrogen and oxygen atoms in total. The van der Waals surface area contributed by atoms with Crippen molar-refractivity contribution < 1.29 is 23.2 Å². The molecule has 2 aromatic carbocycles. The second-order valence-corrected chi connectivity index (χ2v) is 6.42. The van der Waals surface area contributed by atoms with E-state index in [-0.39, 0.29) is 5.56 Å². The summed E-state index contributed by atoms with van der Waals surface area (Å²) in [6.45, 7) is 0. The number of nitrogens with one attached hydrogen (secondary N) is 1. The first-order valence-electron chi connectivity index (χ1n) is 8.39. The summed E-state index contributed by atoms with van der Waals surface area (Å²) in [5.74, 6) is -2.71. The number of amides is 1. The van der Waals surface area contributed by atoms with E-state index in [1.54, 1.807) is 18.2 Å². The van der Waals surface area contributed by atoms with E-state index in [1.807, 2.05) is 30.3 Å². The van der Waals surface area contributed by atoms with Crippen LogP contribution in [0.5, 0.6) is 0 Å². The summed E-state index contributed by atoms with van der Waals surface area (Å²) >= 11 is 0. The molecule has 1 aliphatic rings. The lowest BCUT2D eigenvalue weighted by Crippen LogP contribution is -2.47. The van der Waals surface area contributed by atoms with Crippen molar-refractivity contribution in [2.24, 2.45) is 5.41 Å². The fraction of sp³-hybridized carbons (Fsp3) is 0.190. The van der Waals surface area contributed by atoms with Crippen LogP contribution in [0.4, 0.5) is 13.2 Å². The third-order valence-corrected chi connectivity index (χ3v) is 4.88. The van der Waals surface area contributed by atoms with Crippen LogP contribution in [-0.2, 0) is 4.79 Å². The quantitative estimate of drug-likeness (QED) is 0.594. The van der Waals surface area contributed by atoms with Gasteiger partial charge in [0.25, 0.3) is 5.91 Å². The molecule has 2 unspecified atom stereocenters. The van der Waals surface area contributed by atoms with Gasteiger partial charge in [0, 0.05) is 0 Å². The SMILES string of the molecule is O=C(NO)C(c1ccccc1)C1(C(F)(F)F)C=CC(c2ccccc2)=CC1. The van der Waals surface area contributed by atoms with Gasteiger partial charge in [0.05, 0.1) is 5.92 Å². The van der Waals surface area contributed by atoms with Crippen LogP contribution in [0, 0.1) is 5.41 Å². The van der Waals surface area contributed by atoms with E-state index in [1.165, 1.54) is 29.8 Å². The van der Waals surface area contributed by atoms with Crippen molar-refractivity contribution >= 4 is 11.5 Å². The van der Waals surface area contributed by atoms with Gasteiger partial charge in [0.15, 0.2) is 0 Å². The number of benzene rings is 2. The minimum absolute atomic E-state index is 0.183. The number of hydrogen-bond donors (Lipinski definition) is 2. The maximum Gasteiger partial charge on any atom is 0.399 e. The number of carbonyl (C=O) groups is 1. The molecule has 0 saturated carbocycles.